The van der Waals surface area contributed by atoms with Gasteiger partial charge in [0.25, 0.3) is 0 Å². The van der Waals surface area contributed by atoms with Gasteiger partial charge in [0.1, 0.15) is 0 Å². The highest BCUT2D eigenvalue weighted by atomic mass is 32.2. The molecule has 0 aromatic heterocycles. The van der Waals surface area contributed by atoms with Crippen LogP contribution in [0.3, 0.4) is 0 Å². The summed E-state index contributed by atoms with van der Waals surface area (Å²) in [5, 5.41) is 5.34. The molecular formula is C13H24N2S. The second kappa shape index (κ2) is 5.95. The van der Waals surface area contributed by atoms with Crippen LogP contribution in [0.15, 0.2) is 4.99 Å². The third kappa shape index (κ3) is 3.69. The summed E-state index contributed by atoms with van der Waals surface area (Å²) in [5.74, 6) is 1.94. The van der Waals surface area contributed by atoms with E-state index in [4.69, 9.17) is 0 Å². The van der Waals surface area contributed by atoms with Gasteiger partial charge in [0.15, 0.2) is 5.17 Å². The summed E-state index contributed by atoms with van der Waals surface area (Å²) >= 11 is 1.89. The summed E-state index contributed by atoms with van der Waals surface area (Å²) in [4.78, 5) is 4.48. The SMILES string of the molecule is CC1CCC(CCNC2=NCC(C)S2)CC1. The monoisotopic (exact) mass is 240 g/mol. The molecule has 3 heteroatoms. The lowest BCUT2D eigenvalue weighted by Gasteiger charge is -2.26. The highest BCUT2D eigenvalue weighted by molar-refractivity contribution is 8.14. The third-order valence-corrected chi connectivity index (χ3v) is 4.82. The largest absolute Gasteiger partial charge is 0.365 e. The number of hydrogen-bond acceptors (Lipinski definition) is 3. The number of nitrogens with one attached hydrogen (secondary N) is 1. The summed E-state index contributed by atoms with van der Waals surface area (Å²) in [6, 6.07) is 0. The molecule has 16 heavy (non-hydrogen) atoms. The molecule has 1 aliphatic heterocycles. The molecule has 1 N–H and O–H groups in total. The van der Waals surface area contributed by atoms with Gasteiger partial charge in [-0.25, -0.2) is 0 Å². The molecule has 0 spiro atoms. The quantitative estimate of drug-likeness (QED) is 0.818. The fourth-order valence-corrected chi connectivity index (χ4v) is 3.44. The van der Waals surface area contributed by atoms with Crippen molar-refractivity contribution in [1.29, 1.82) is 0 Å². The normalized spacial score (nSPS) is 34.9. The lowest BCUT2D eigenvalue weighted by atomic mass is 9.81. The van der Waals surface area contributed by atoms with E-state index in [0.29, 0.717) is 5.25 Å². The molecule has 1 fully saturated rings. The molecule has 2 aliphatic rings. The third-order valence-electron chi connectivity index (χ3n) is 3.77. The van der Waals surface area contributed by atoms with Crippen LogP contribution in [0.1, 0.15) is 46.0 Å². The minimum absolute atomic E-state index is 0.679. The Bertz CT molecular complexity index is 244. The number of hydrogen-bond donors (Lipinski definition) is 1. The number of amidine groups is 1. The number of aliphatic imine (C=N–C) groups is 1. The highest BCUT2D eigenvalue weighted by Gasteiger charge is 2.18. The first-order chi connectivity index (χ1) is 7.74. The molecule has 1 heterocycles. The Hall–Kier alpha value is -0.180. The molecular weight excluding hydrogens is 216 g/mol. The molecule has 0 radical (unpaired) electrons. The topological polar surface area (TPSA) is 24.4 Å². The molecule has 0 aromatic rings. The molecule has 1 saturated carbocycles. The molecule has 1 aliphatic carbocycles. The lowest BCUT2D eigenvalue weighted by Crippen LogP contribution is -2.24. The highest BCUT2D eigenvalue weighted by Crippen LogP contribution is 2.30. The van der Waals surface area contributed by atoms with E-state index in [2.05, 4.69) is 24.2 Å². The average Bonchev–Trinajstić information content (AvgIpc) is 2.67. The first-order valence-corrected chi connectivity index (χ1v) is 7.57. The van der Waals surface area contributed by atoms with Crippen LogP contribution in [0.2, 0.25) is 0 Å². The van der Waals surface area contributed by atoms with E-state index in [-0.39, 0.29) is 0 Å². The maximum atomic E-state index is 4.48. The van der Waals surface area contributed by atoms with Crippen molar-refractivity contribution < 1.29 is 0 Å². The van der Waals surface area contributed by atoms with Crippen LogP contribution in [-0.2, 0) is 0 Å². The van der Waals surface area contributed by atoms with Crippen molar-refractivity contribution in [3.05, 3.63) is 0 Å². The van der Waals surface area contributed by atoms with Crippen LogP contribution in [0.5, 0.6) is 0 Å². The van der Waals surface area contributed by atoms with E-state index in [1.165, 1.54) is 37.3 Å². The first kappa shape index (κ1) is 12.3. The summed E-state index contributed by atoms with van der Waals surface area (Å²) in [7, 11) is 0. The Morgan fingerprint density at radius 1 is 1.25 bits per heavy atom. The van der Waals surface area contributed by atoms with Gasteiger partial charge in [-0.1, -0.05) is 51.3 Å². The molecule has 92 valence electrons. The van der Waals surface area contributed by atoms with Gasteiger partial charge in [0, 0.05) is 11.8 Å². The maximum absolute atomic E-state index is 4.48. The van der Waals surface area contributed by atoms with Gasteiger partial charge in [-0.2, -0.15) is 0 Å². The van der Waals surface area contributed by atoms with E-state index < -0.39 is 0 Å². The average molecular weight is 240 g/mol. The van der Waals surface area contributed by atoms with Crippen LogP contribution in [0.4, 0.5) is 0 Å². The molecule has 2 nitrogen and oxygen atoms in total. The van der Waals surface area contributed by atoms with Crippen LogP contribution >= 0.6 is 11.8 Å². The number of rotatable bonds is 3. The van der Waals surface area contributed by atoms with E-state index in [1.54, 1.807) is 0 Å². The molecule has 0 aromatic carbocycles. The van der Waals surface area contributed by atoms with Crippen LogP contribution in [0.25, 0.3) is 0 Å². The van der Waals surface area contributed by atoms with Gasteiger partial charge >= 0.3 is 0 Å². The van der Waals surface area contributed by atoms with Gasteiger partial charge < -0.3 is 5.32 Å². The van der Waals surface area contributed by atoms with Gasteiger partial charge in [0.2, 0.25) is 0 Å². The second-order valence-corrected chi connectivity index (χ2v) is 6.84. The zero-order chi connectivity index (χ0) is 11.4. The van der Waals surface area contributed by atoms with Crippen molar-refractivity contribution in [1.82, 2.24) is 5.32 Å². The van der Waals surface area contributed by atoms with E-state index in [0.717, 1.165) is 24.9 Å². The van der Waals surface area contributed by atoms with Gasteiger partial charge in [-0.3, -0.25) is 4.99 Å². The van der Waals surface area contributed by atoms with Gasteiger partial charge in [0.05, 0.1) is 6.54 Å². The Morgan fingerprint density at radius 3 is 2.62 bits per heavy atom. The fourth-order valence-electron chi connectivity index (χ4n) is 2.58. The molecule has 0 bridgehead atoms. The van der Waals surface area contributed by atoms with Crippen molar-refractivity contribution in [3.63, 3.8) is 0 Å². The fraction of sp³-hybridized carbons (Fsp3) is 0.923. The molecule has 1 atom stereocenters. The van der Waals surface area contributed by atoms with Crippen LogP contribution < -0.4 is 5.32 Å². The lowest BCUT2D eigenvalue weighted by molar-refractivity contribution is 0.278. The summed E-state index contributed by atoms with van der Waals surface area (Å²) in [5.41, 5.74) is 0. The molecule has 1 unspecified atom stereocenters. The Balaban J connectivity index is 1.58. The van der Waals surface area contributed by atoms with Gasteiger partial charge in [-0.05, 0) is 18.3 Å². The standard InChI is InChI=1S/C13H24N2S/c1-10-3-5-12(6-4-10)7-8-14-13-15-9-11(2)16-13/h10-12H,3-9H2,1-2H3,(H,14,15). The summed E-state index contributed by atoms with van der Waals surface area (Å²) < 4.78 is 0. The minimum Gasteiger partial charge on any atom is -0.365 e. The van der Waals surface area contributed by atoms with E-state index in [1.807, 2.05) is 11.8 Å². The zero-order valence-corrected chi connectivity index (χ0v) is 11.4. The van der Waals surface area contributed by atoms with Crippen molar-refractivity contribution in [2.24, 2.45) is 16.8 Å². The zero-order valence-electron chi connectivity index (χ0n) is 10.5. The van der Waals surface area contributed by atoms with Crippen LogP contribution in [-0.4, -0.2) is 23.5 Å². The van der Waals surface area contributed by atoms with Crippen molar-refractivity contribution in [2.75, 3.05) is 13.1 Å². The first-order valence-electron chi connectivity index (χ1n) is 6.69. The molecule has 2 rings (SSSR count). The smallest absolute Gasteiger partial charge is 0.156 e. The predicted octanol–water partition coefficient (Wildman–Crippen LogP) is 3.28. The second-order valence-electron chi connectivity index (χ2n) is 5.42. The summed E-state index contributed by atoms with van der Waals surface area (Å²) in [6.45, 7) is 6.75. The van der Waals surface area contributed by atoms with Gasteiger partial charge in [-0.15, -0.1) is 0 Å². The van der Waals surface area contributed by atoms with Crippen molar-refractivity contribution in [3.8, 4) is 0 Å². The Morgan fingerprint density at radius 2 is 2.00 bits per heavy atom. The maximum Gasteiger partial charge on any atom is 0.156 e. The molecule has 0 saturated heterocycles. The van der Waals surface area contributed by atoms with Crippen LogP contribution in [0, 0.1) is 11.8 Å². The molecule has 0 amide bonds. The minimum atomic E-state index is 0.679. The summed E-state index contributed by atoms with van der Waals surface area (Å²) in [6.07, 6.45) is 7.10. The number of nitrogens with zero attached hydrogens (tertiary/aromatic N) is 1. The predicted molar refractivity (Wildman–Crippen MR) is 73.1 cm³/mol. The van der Waals surface area contributed by atoms with Crippen molar-refractivity contribution in [2.45, 2.75) is 51.2 Å². The van der Waals surface area contributed by atoms with E-state index in [9.17, 15) is 0 Å². The van der Waals surface area contributed by atoms with Crippen molar-refractivity contribution >= 4 is 16.9 Å². The Labute approximate surface area is 104 Å². The van der Waals surface area contributed by atoms with E-state index >= 15 is 0 Å². The Kier molecular flexibility index (Phi) is 4.56. The number of thioether (sulfide) groups is 1.